The van der Waals surface area contributed by atoms with Gasteiger partial charge < -0.3 is 4.89 Å². The molecule has 54 valence electrons. The second kappa shape index (κ2) is 3.78. The summed E-state index contributed by atoms with van der Waals surface area (Å²) in [5.74, 6) is 0.761. The molecule has 0 N–H and O–H groups in total. The number of para-hydroxylation sites is 1. The number of aryl methyl sites for hydroxylation is 1. The molecule has 0 aromatic heterocycles. The van der Waals surface area contributed by atoms with E-state index in [2.05, 4.69) is 3.22 Å². The SMILES string of the molecule is Cc1ccccc1OOI. The molecule has 2 nitrogen and oxygen atoms in total. The standard InChI is InChI=1S/C7H7IO2/c1-6-4-2-3-5-7(6)9-10-8/h2-5H,1H3. The van der Waals surface area contributed by atoms with E-state index in [1.807, 2.05) is 31.2 Å². The van der Waals surface area contributed by atoms with E-state index < -0.39 is 0 Å². The first-order valence-electron chi connectivity index (χ1n) is 2.85. The summed E-state index contributed by atoms with van der Waals surface area (Å²) < 4.78 is 4.48. The van der Waals surface area contributed by atoms with Gasteiger partial charge in [-0.1, -0.05) is 18.2 Å². The first-order valence-corrected chi connectivity index (χ1v) is 3.73. The van der Waals surface area contributed by atoms with Gasteiger partial charge in [-0.25, -0.2) is 0 Å². The highest BCUT2D eigenvalue weighted by Gasteiger charge is 1.95. The monoisotopic (exact) mass is 250 g/mol. The number of rotatable bonds is 2. The van der Waals surface area contributed by atoms with Gasteiger partial charge in [0.2, 0.25) is 0 Å². The Bertz CT molecular complexity index is 213. The fourth-order valence-electron chi connectivity index (χ4n) is 0.684. The molecule has 0 unspecified atom stereocenters. The predicted octanol–water partition coefficient (Wildman–Crippen LogP) is 2.66. The van der Waals surface area contributed by atoms with Gasteiger partial charge in [-0.15, -0.1) is 3.22 Å². The van der Waals surface area contributed by atoms with Crippen LogP contribution in [0.3, 0.4) is 0 Å². The normalized spacial score (nSPS) is 9.40. The highest BCUT2D eigenvalue weighted by Crippen LogP contribution is 2.16. The lowest BCUT2D eigenvalue weighted by Gasteiger charge is -2.00. The Labute approximate surface area is 73.8 Å². The van der Waals surface area contributed by atoms with Crippen molar-refractivity contribution < 1.29 is 8.10 Å². The van der Waals surface area contributed by atoms with Crippen LogP contribution in [0.15, 0.2) is 24.3 Å². The molecule has 0 radical (unpaired) electrons. The van der Waals surface area contributed by atoms with Gasteiger partial charge in [-0.3, -0.25) is 0 Å². The van der Waals surface area contributed by atoms with Gasteiger partial charge in [0.25, 0.3) is 0 Å². The molecule has 1 aromatic carbocycles. The van der Waals surface area contributed by atoms with Crippen molar-refractivity contribution in [2.75, 3.05) is 0 Å². The van der Waals surface area contributed by atoms with Crippen molar-refractivity contribution in [3.63, 3.8) is 0 Å². The average Bonchev–Trinajstić information content (AvgIpc) is 1.94. The van der Waals surface area contributed by atoms with Gasteiger partial charge in [0.05, 0.1) is 0 Å². The second-order valence-electron chi connectivity index (χ2n) is 1.91. The van der Waals surface area contributed by atoms with E-state index in [4.69, 9.17) is 4.89 Å². The molecular formula is C7H7IO2. The molecule has 0 amide bonds. The van der Waals surface area contributed by atoms with Gasteiger partial charge in [0.1, 0.15) is 0 Å². The zero-order valence-corrected chi connectivity index (χ0v) is 7.66. The van der Waals surface area contributed by atoms with Crippen LogP contribution in [0.5, 0.6) is 5.75 Å². The largest absolute Gasteiger partial charge is 0.327 e. The summed E-state index contributed by atoms with van der Waals surface area (Å²) in [5.41, 5.74) is 1.07. The highest BCUT2D eigenvalue weighted by molar-refractivity contribution is 14.1. The lowest BCUT2D eigenvalue weighted by atomic mass is 10.2. The number of halogens is 1. The number of hydrogen-bond donors (Lipinski definition) is 0. The number of benzene rings is 1. The van der Waals surface area contributed by atoms with Gasteiger partial charge in [0.15, 0.2) is 28.8 Å². The van der Waals surface area contributed by atoms with E-state index in [0.29, 0.717) is 0 Å². The van der Waals surface area contributed by atoms with Crippen LogP contribution in [0.25, 0.3) is 0 Å². The zero-order valence-electron chi connectivity index (χ0n) is 5.50. The van der Waals surface area contributed by atoms with Crippen molar-refractivity contribution in [3.05, 3.63) is 29.8 Å². The molecule has 0 saturated heterocycles. The Kier molecular flexibility index (Phi) is 2.95. The molecule has 0 heterocycles. The minimum absolute atomic E-state index is 0.761. The first-order chi connectivity index (χ1) is 4.84. The third kappa shape index (κ3) is 1.85. The lowest BCUT2D eigenvalue weighted by Crippen LogP contribution is -1.87. The number of hydrogen-bond acceptors (Lipinski definition) is 2. The van der Waals surface area contributed by atoms with Crippen molar-refractivity contribution in [3.8, 4) is 5.75 Å². The van der Waals surface area contributed by atoms with Gasteiger partial charge in [-0.05, 0) is 18.6 Å². The Morgan fingerprint density at radius 3 is 2.60 bits per heavy atom. The third-order valence-electron chi connectivity index (χ3n) is 1.21. The van der Waals surface area contributed by atoms with Crippen LogP contribution < -0.4 is 4.89 Å². The van der Waals surface area contributed by atoms with Gasteiger partial charge >= 0.3 is 0 Å². The molecule has 1 rings (SSSR count). The van der Waals surface area contributed by atoms with Crippen LogP contribution in [-0.4, -0.2) is 0 Å². The quantitative estimate of drug-likeness (QED) is 0.456. The molecule has 0 bridgehead atoms. The van der Waals surface area contributed by atoms with Crippen LogP contribution in [0.2, 0.25) is 0 Å². The molecule has 0 fully saturated rings. The summed E-state index contributed by atoms with van der Waals surface area (Å²) in [4.78, 5) is 4.82. The molecule has 1 aromatic rings. The van der Waals surface area contributed by atoms with E-state index in [1.54, 1.807) is 23.0 Å². The van der Waals surface area contributed by atoms with Crippen molar-refractivity contribution in [2.24, 2.45) is 0 Å². The van der Waals surface area contributed by atoms with Crippen LogP contribution >= 0.6 is 23.0 Å². The molecular weight excluding hydrogens is 243 g/mol. The Morgan fingerprint density at radius 1 is 1.30 bits per heavy atom. The van der Waals surface area contributed by atoms with Crippen molar-refractivity contribution in [1.29, 1.82) is 0 Å². The lowest BCUT2D eigenvalue weighted by molar-refractivity contribution is -0.0478. The predicted molar refractivity (Wildman–Crippen MR) is 46.9 cm³/mol. The maximum absolute atomic E-state index is 4.82. The molecule has 0 atom stereocenters. The summed E-state index contributed by atoms with van der Waals surface area (Å²) in [7, 11) is 0. The van der Waals surface area contributed by atoms with E-state index >= 15 is 0 Å². The van der Waals surface area contributed by atoms with Gasteiger partial charge in [-0.2, -0.15) is 0 Å². The van der Waals surface area contributed by atoms with Crippen molar-refractivity contribution >= 4 is 23.0 Å². The van der Waals surface area contributed by atoms with Crippen LogP contribution in [-0.2, 0) is 3.22 Å². The topological polar surface area (TPSA) is 18.5 Å². The molecule has 0 aliphatic rings. The summed E-state index contributed by atoms with van der Waals surface area (Å²) in [6.45, 7) is 1.96. The maximum Gasteiger partial charge on any atom is 0.170 e. The van der Waals surface area contributed by atoms with Crippen molar-refractivity contribution in [1.82, 2.24) is 0 Å². The minimum atomic E-state index is 0.761. The first kappa shape index (κ1) is 7.81. The third-order valence-corrected chi connectivity index (χ3v) is 1.39. The highest BCUT2D eigenvalue weighted by atomic mass is 127. The Hall–Kier alpha value is -0.290. The second-order valence-corrected chi connectivity index (χ2v) is 2.27. The fraction of sp³-hybridized carbons (Fsp3) is 0.143. The molecule has 10 heavy (non-hydrogen) atoms. The molecule has 0 aliphatic carbocycles. The fourth-order valence-corrected chi connectivity index (χ4v) is 0.878. The molecule has 3 heteroatoms. The minimum Gasteiger partial charge on any atom is -0.327 e. The van der Waals surface area contributed by atoms with Crippen molar-refractivity contribution in [2.45, 2.75) is 6.92 Å². The summed E-state index contributed by atoms with van der Waals surface area (Å²) >= 11 is 1.69. The smallest absolute Gasteiger partial charge is 0.170 e. The summed E-state index contributed by atoms with van der Waals surface area (Å²) in [6, 6.07) is 7.67. The summed E-state index contributed by atoms with van der Waals surface area (Å²) in [5, 5.41) is 0. The average molecular weight is 250 g/mol. The molecule has 0 spiro atoms. The zero-order chi connectivity index (χ0) is 7.40. The van der Waals surface area contributed by atoms with E-state index in [9.17, 15) is 0 Å². The summed E-state index contributed by atoms with van der Waals surface area (Å²) in [6.07, 6.45) is 0. The molecule has 0 saturated carbocycles. The maximum atomic E-state index is 4.82. The van der Waals surface area contributed by atoms with E-state index in [0.717, 1.165) is 11.3 Å². The molecule has 0 aliphatic heterocycles. The van der Waals surface area contributed by atoms with E-state index in [1.165, 1.54) is 0 Å². The Balaban J connectivity index is 2.81. The van der Waals surface area contributed by atoms with Crippen LogP contribution in [0.1, 0.15) is 5.56 Å². The van der Waals surface area contributed by atoms with E-state index in [-0.39, 0.29) is 0 Å². The van der Waals surface area contributed by atoms with Gasteiger partial charge in [0, 0.05) is 0 Å². The Morgan fingerprint density at radius 2 is 2.00 bits per heavy atom. The van der Waals surface area contributed by atoms with Crippen LogP contribution in [0.4, 0.5) is 0 Å². The van der Waals surface area contributed by atoms with Crippen LogP contribution in [0, 0.1) is 6.92 Å².